The van der Waals surface area contributed by atoms with Gasteiger partial charge >= 0.3 is 0 Å². The second kappa shape index (κ2) is 46.3. The summed E-state index contributed by atoms with van der Waals surface area (Å²) in [5, 5.41) is 12.3. The van der Waals surface area contributed by atoms with Crippen LogP contribution in [0.25, 0.3) is 0 Å². The Balaban J connectivity index is 0.000000650. The first-order chi connectivity index (χ1) is 53.0. The number of hydrogen-bond acceptors (Lipinski definition) is 1. The van der Waals surface area contributed by atoms with Crippen LogP contribution in [0.3, 0.4) is 0 Å². The van der Waals surface area contributed by atoms with Crippen LogP contribution in [0.2, 0.25) is 20.1 Å². The summed E-state index contributed by atoms with van der Waals surface area (Å²) < 4.78 is 13.3. The summed E-state index contributed by atoms with van der Waals surface area (Å²) in [7, 11) is 0. The van der Waals surface area contributed by atoms with Crippen molar-refractivity contribution in [3.8, 4) is 0 Å². The molecular weight excluding hydrogens is 1510 g/mol. The molecule has 1 N–H and O–H groups in total. The van der Waals surface area contributed by atoms with E-state index >= 15 is 0 Å². The SMILES string of the molecule is CC(C)(C)c1c(Cl)cccc1Cl.CC(C)(C)c1ccccc1CO.Cc1ccc(C(C)(C)C)c(Cl)c1.Cc1ccc(C(C)(C)C)c(F)c1.Cc1ccc(C(C)(C)C)cc1.Cc1ccc(C(C)(C)C)cc1Cl.Cc1ccc(C)c(C(C)(C)C)c1.Cc1cccc(C(C)(C)C)c1.Cc1cccc(C(C)(C)C)c1.Cc1cccc(C)c1C(C)(C)C. The zero-order valence-corrected chi connectivity index (χ0v) is 83.7. The largest absolute Gasteiger partial charge is 0.392 e. The van der Waals surface area contributed by atoms with E-state index in [0.29, 0.717) is 0 Å². The molecule has 0 spiro atoms. The molecule has 117 heavy (non-hydrogen) atoms. The summed E-state index contributed by atoms with van der Waals surface area (Å²) in [5.74, 6) is -0.0949. The van der Waals surface area contributed by atoms with Crippen molar-refractivity contribution in [3.63, 3.8) is 0 Å². The van der Waals surface area contributed by atoms with Crippen molar-refractivity contribution in [2.24, 2.45) is 0 Å². The minimum Gasteiger partial charge on any atom is -0.392 e. The van der Waals surface area contributed by atoms with E-state index in [-0.39, 0.29) is 66.6 Å². The molecule has 0 heterocycles. The van der Waals surface area contributed by atoms with Crippen molar-refractivity contribution in [2.75, 3.05) is 0 Å². The van der Waals surface area contributed by atoms with Gasteiger partial charge in [-0.1, -0.05) is 452 Å². The molecule has 0 fully saturated rings. The van der Waals surface area contributed by atoms with Gasteiger partial charge in [-0.3, -0.25) is 0 Å². The fraction of sp³-hybridized carbons (Fsp3) is 0.459. The van der Waals surface area contributed by atoms with Gasteiger partial charge in [0.1, 0.15) is 5.82 Å². The monoisotopic (exact) mass is 1670 g/mol. The molecule has 0 aliphatic carbocycles. The Morgan fingerprint density at radius 2 is 0.556 bits per heavy atom. The number of rotatable bonds is 1. The smallest absolute Gasteiger partial charge is 0.127 e. The predicted octanol–water partition coefficient (Wildman–Crippen LogP) is 35.2. The lowest BCUT2D eigenvalue weighted by Gasteiger charge is -2.23. The highest BCUT2D eigenvalue weighted by atomic mass is 35.5. The molecule has 10 aromatic carbocycles. The van der Waals surface area contributed by atoms with Crippen molar-refractivity contribution in [3.05, 3.63) is 349 Å². The van der Waals surface area contributed by atoms with Crippen molar-refractivity contribution < 1.29 is 9.50 Å². The van der Waals surface area contributed by atoms with Gasteiger partial charge in [-0.25, -0.2) is 4.39 Å². The molecule has 1 nitrogen and oxygen atoms in total. The Bertz CT molecular complexity index is 4410. The normalized spacial score (nSPS) is 11.7. The van der Waals surface area contributed by atoms with E-state index in [1.54, 1.807) is 6.07 Å². The average molecular weight is 1670 g/mol. The van der Waals surface area contributed by atoms with Gasteiger partial charge in [0.2, 0.25) is 0 Å². The molecule has 0 aliphatic heterocycles. The van der Waals surface area contributed by atoms with Gasteiger partial charge in [0.15, 0.2) is 0 Å². The summed E-state index contributed by atoms with van der Waals surface area (Å²) in [5.41, 5.74) is 28.4. The molecule has 0 saturated carbocycles. The third-order valence-corrected chi connectivity index (χ3v) is 21.1. The van der Waals surface area contributed by atoms with E-state index < -0.39 is 0 Å². The van der Waals surface area contributed by atoms with E-state index in [0.717, 1.165) is 47.9 Å². The number of aryl methyl sites for hydroxylation is 10. The minimum atomic E-state index is -0.0994. The van der Waals surface area contributed by atoms with Crippen LogP contribution in [0, 0.1) is 75.1 Å². The van der Waals surface area contributed by atoms with Gasteiger partial charge in [-0.05, 0) is 248 Å². The van der Waals surface area contributed by atoms with Crippen LogP contribution >= 0.6 is 46.4 Å². The van der Waals surface area contributed by atoms with Gasteiger partial charge in [-0.2, -0.15) is 0 Å². The lowest BCUT2D eigenvalue weighted by molar-refractivity contribution is 0.278. The second-order valence-electron chi connectivity index (χ2n) is 42.0. The predicted molar refractivity (Wildman–Crippen MR) is 525 cm³/mol. The molecule has 0 aromatic heterocycles. The number of aliphatic hydroxyl groups is 1. The van der Waals surface area contributed by atoms with Gasteiger partial charge in [0, 0.05) is 20.1 Å². The molecule has 0 aliphatic rings. The molecule has 0 saturated heterocycles. The quantitative estimate of drug-likeness (QED) is 0.174. The molecule has 6 heteroatoms. The van der Waals surface area contributed by atoms with Crippen LogP contribution in [0.4, 0.5) is 4.39 Å². The Kier molecular flexibility index (Phi) is 42.9. The molecule has 0 unspecified atom stereocenters. The topological polar surface area (TPSA) is 20.2 Å². The molecule has 10 aromatic rings. The zero-order valence-electron chi connectivity index (χ0n) is 80.7. The van der Waals surface area contributed by atoms with E-state index in [1.165, 1.54) is 89.0 Å². The van der Waals surface area contributed by atoms with Crippen LogP contribution in [0.5, 0.6) is 0 Å². The van der Waals surface area contributed by atoms with Crippen LogP contribution < -0.4 is 0 Å². The van der Waals surface area contributed by atoms with Gasteiger partial charge in [0.05, 0.1) is 6.61 Å². The highest BCUT2D eigenvalue weighted by Crippen LogP contribution is 2.37. The van der Waals surface area contributed by atoms with Gasteiger partial charge in [-0.15, -0.1) is 0 Å². The number of halogens is 5. The van der Waals surface area contributed by atoms with E-state index in [2.05, 4.69) is 388 Å². The summed E-state index contributed by atoms with van der Waals surface area (Å²) in [4.78, 5) is 0. The second-order valence-corrected chi connectivity index (χ2v) is 43.7. The lowest BCUT2D eigenvalue weighted by atomic mass is 9.81. The number of hydrogen-bond donors (Lipinski definition) is 1. The van der Waals surface area contributed by atoms with Gasteiger partial charge < -0.3 is 5.11 Å². The number of aliphatic hydroxyl groups excluding tert-OH is 1. The Labute approximate surface area is 737 Å². The molecule has 642 valence electrons. The molecule has 0 amide bonds. The Morgan fingerprint density at radius 1 is 0.222 bits per heavy atom. The highest BCUT2D eigenvalue weighted by Gasteiger charge is 2.24. The van der Waals surface area contributed by atoms with Crippen molar-refractivity contribution >= 4 is 46.4 Å². The van der Waals surface area contributed by atoms with Crippen molar-refractivity contribution in [1.82, 2.24) is 0 Å². The first-order valence-electron chi connectivity index (χ1n) is 41.8. The lowest BCUT2D eigenvalue weighted by Crippen LogP contribution is -2.14. The van der Waals surface area contributed by atoms with Gasteiger partial charge in [0.25, 0.3) is 0 Å². The molecule has 0 bridgehead atoms. The summed E-state index contributed by atoms with van der Waals surface area (Å²) in [6.07, 6.45) is 0. The maximum Gasteiger partial charge on any atom is 0.127 e. The molecular formula is C111H157Cl4FO. The number of benzene rings is 10. The summed E-state index contributed by atoms with van der Waals surface area (Å²) >= 11 is 24.2. The van der Waals surface area contributed by atoms with Crippen LogP contribution in [0.1, 0.15) is 325 Å². The summed E-state index contributed by atoms with van der Waals surface area (Å²) in [6, 6.07) is 70.8. The van der Waals surface area contributed by atoms with Crippen LogP contribution in [-0.2, 0) is 60.8 Å². The molecule has 10 rings (SSSR count). The van der Waals surface area contributed by atoms with E-state index in [4.69, 9.17) is 51.5 Å². The van der Waals surface area contributed by atoms with Crippen LogP contribution in [-0.4, -0.2) is 5.11 Å². The Morgan fingerprint density at radius 3 is 0.880 bits per heavy atom. The maximum atomic E-state index is 13.3. The Hall–Kier alpha value is -6.75. The third kappa shape index (κ3) is 40.5. The fourth-order valence-corrected chi connectivity index (χ4v) is 14.6. The maximum absolute atomic E-state index is 13.3. The molecule has 0 radical (unpaired) electrons. The fourth-order valence-electron chi connectivity index (χ4n) is 12.9. The standard InChI is InChI=1S/2C12H18.2C11H15Cl.C11H15F.C11H16O.3C11H16.C10H12Cl2/c1-9-6-7-10(2)11(8-9)12(3,4)5;1-9-7-6-8-10(2)11(9)12(3,4)5;1-8-5-6-9(7-10(8)12)11(2,3)4;2*1-8-5-6-9(10(12)7-8)11(2,3)4;1-11(2,3)10-7-5-4-6-9(10)8-12;1-9-5-7-10(8-6-9)11(2,3)4;2*1-9-6-5-7-10(8-9)11(2,3)4;1-10(2,3)9-7(11)5-4-6-8(9)12/h2*6-8H,1-5H3;3*5-7H,1-4H3;4-7,12H,8H2,1-3H3;3*5-8H,1-4H3;4-6H,1-3H3. The van der Waals surface area contributed by atoms with Crippen molar-refractivity contribution in [2.45, 2.75) is 338 Å². The minimum absolute atomic E-state index is 0.00935. The van der Waals surface area contributed by atoms with E-state index in [1.807, 2.05) is 89.2 Å². The average Bonchev–Trinajstić information content (AvgIpc) is 0.837. The first kappa shape index (κ1) is 108. The molecule has 0 atom stereocenters. The first-order valence-corrected chi connectivity index (χ1v) is 43.4. The van der Waals surface area contributed by atoms with E-state index in [9.17, 15) is 4.39 Å². The zero-order chi connectivity index (χ0) is 90.8. The highest BCUT2D eigenvalue weighted by molar-refractivity contribution is 6.36. The van der Waals surface area contributed by atoms with Crippen molar-refractivity contribution in [1.29, 1.82) is 0 Å². The third-order valence-electron chi connectivity index (χ3n) is 19.7. The summed E-state index contributed by atoms with van der Waals surface area (Å²) in [6.45, 7) is 86.8. The van der Waals surface area contributed by atoms with Crippen LogP contribution in [0.15, 0.2) is 206 Å².